The quantitative estimate of drug-likeness (QED) is 0.650. The van der Waals surface area contributed by atoms with Crippen molar-refractivity contribution in [2.75, 3.05) is 6.61 Å². The van der Waals surface area contributed by atoms with Gasteiger partial charge in [-0.15, -0.1) is 0 Å². The molecule has 1 heterocycles. The maximum absolute atomic E-state index is 13.3. The molecule has 0 aromatic rings. The molecule has 1 aliphatic heterocycles. The molecule has 7 nitrogen and oxygen atoms in total. The second-order valence-electron chi connectivity index (χ2n) is 9.64. The minimum Gasteiger partial charge on any atom is -0.466 e. The lowest BCUT2D eigenvalue weighted by atomic mass is 9.49. The Kier molecular flexibility index (Phi) is 5.27. The topological polar surface area (TPSA) is 96.0 Å². The van der Waals surface area contributed by atoms with E-state index in [2.05, 4.69) is 6.92 Å². The molecule has 0 aromatic carbocycles. The van der Waals surface area contributed by atoms with Crippen LogP contribution in [0.5, 0.6) is 0 Å². The van der Waals surface area contributed by atoms with Gasteiger partial charge in [-0.3, -0.25) is 14.4 Å². The number of Topliss-reactive ketones (excluding diaryl/α,β-unsaturated/α-hetero) is 1. The predicted octanol–water partition coefficient (Wildman–Crippen LogP) is 3.10. The smallest absolute Gasteiger partial charge is 0.334 e. The highest BCUT2D eigenvalue weighted by Gasteiger charge is 2.63. The van der Waals surface area contributed by atoms with Crippen molar-refractivity contribution in [3.8, 4) is 0 Å². The average molecular weight is 418 g/mol. The first-order chi connectivity index (χ1) is 14.1. The number of esters is 3. The van der Waals surface area contributed by atoms with Gasteiger partial charge in [0.25, 0.3) is 5.79 Å². The highest BCUT2D eigenvalue weighted by Crippen LogP contribution is 2.62. The Balaban J connectivity index is 1.62. The van der Waals surface area contributed by atoms with Gasteiger partial charge in [0.05, 0.1) is 6.61 Å². The van der Waals surface area contributed by atoms with Crippen molar-refractivity contribution in [3.63, 3.8) is 0 Å². The molecule has 0 spiro atoms. The number of carbonyl (C=O) groups excluding carboxylic acids is 4. The first-order valence-electron chi connectivity index (χ1n) is 11.0. The summed E-state index contributed by atoms with van der Waals surface area (Å²) in [5.74, 6) is -2.28. The second kappa shape index (κ2) is 7.50. The maximum Gasteiger partial charge on any atom is 0.334 e. The van der Waals surface area contributed by atoms with E-state index in [1.54, 1.807) is 0 Å². The molecule has 4 aliphatic rings. The lowest BCUT2D eigenvalue weighted by molar-refractivity contribution is -0.222. The van der Waals surface area contributed by atoms with Crippen LogP contribution in [0.4, 0.5) is 0 Å². The Morgan fingerprint density at radius 3 is 2.63 bits per heavy atom. The van der Waals surface area contributed by atoms with Crippen LogP contribution in [0.1, 0.15) is 65.7 Å². The molecule has 0 amide bonds. The molecule has 0 radical (unpaired) electrons. The van der Waals surface area contributed by atoms with Crippen molar-refractivity contribution in [3.05, 3.63) is 11.6 Å². The van der Waals surface area contributed by atoms with Gasteiger partial charge in [-0.2, -0.15) is 0 Å². The monoisotopic (exact) mass is 418 g/mol. The lowest BCUT2D eigenvalue weighted by Gasteiger charge is -2.56. The fraction of sp³-hybridized carbons (Fsp3) is 0.739. The molecule has 6 atom stereocenters. The summed E-state index contributed by atoms with van der Waals surface area (Å²) in [5, 5.41) is 0. The molecule has 3 saturated carbocycles. The average Bonchev–Trinajstić information content (AvgIpc) is 2.84. The Bertz CT molecular complexity index is 814. The van der Waals surface area contributed by atoms with Crippen LogP contribution in [0.15, 0.2) is 11.6 Å². The van der Waals surface area contributed by atoms with E-state index in [1.807, 2.05) is 0 Å². The van der Waals surface area contributed by atoms with E-state index in [1.165, 1.54) is 19.9 Å². The number of rotatable bonds is 3. The predicted molar refractivity (Wildman–Crippen MR) is 105 cm³/mol. The van der Waals surface area contributed by atoms with Crippen molar-refractivity contribution in [2.24, 2.45) is 29.1 Å². The summed E-state index contributed by atoms with van der Waals surface area (Å²) in [6, 6.07) is 0. The molecule has 0 bridgehead atoms. The van der Waals surface area contributed by atoms with Crippen molar-refractivity contribution >= 4 is 23.7 Å². The molecule has 3 aliphatic carbocycles. The minimum absolute atomic E-state index is 0.0610. The van der Waals surface area contributed by atoms with Gasteiger partial charge in [-0.1, -0.05) is 13.3 Å². The van der Waals surface area contributed by atoms with E-state index < -0.39 is 17.7 Å². The summed E-state index contributed by atoms with van der Waals surface area (Å²) in [5.41, 5.74) is 0.488. The van der Waals surface area contributed by atoms with Crippen LogP contribution in [0.2, 0.25) is 0 Å². The fourth-order valence-corrected chi connectivity index (χ4v) is 6.52. The van der Waals surface area contributed by atoms with Gasteiger partial charge in [0.1, 0.15) is 5.78 Å². The number of ketones is 1. The third-order valence-corrected chi connectivity index (χ3v) is 7.84. The second-order valence-corrected chi connectivity index (χ2v) is 9.64. The van der Waals surface area contributed by atoms with Gasteiger partial charge in [-0.05, 0) is 42.9 Å². The van der Waals surface area contributed by atoms with Crippen LogP contribution < -0.4 is 0 Å². The van der Waals surface area contributed by atoms with Gasteiger partial charge >= 0.3 is 17.9 Å². The van der Waals surface area contributed by atoms with E-state index in [9.17, 15) is 19.2 Å². The zero-order chi connectivity index (χ0) is 21.7. The van der Waals surface area contributed by atoms with Crippen molar-refractivity contribution in [1.82, 2.24) is 0 Å². The van der Waals surface area contributed by atoms with Crippen molar-refractivity contribution < 1.29 is 33.4 Å². The number of fused-ring (bicyclic) bond motifs is 5. The molecule has 7 heteroatoms. The minimum atomic E-state index is -1.34. The van der Waals surface area contributed by atoms with Crippen LogP contribution in [-0.4, -0.2) is 36.1 Å². The molecular weight excluding hydrogens is 388 g/mol. The summed E-state index contributed by atoms with van der Waals surface area (Å²) >= 11 is 0. The van der Waals surface area contributed by atoms with E-state index in [0.29, 0.717) is 25.0 Å². The summed E-state index contributed by atoms with van der Waals surface area (Å²) in [6.45, 7) is 5.31. The van der Waals surface area contributed by atoms with Gasteiger partial charge in [0.15, 0.2) is 0 Å². The molecule has 6 unspecified atom stereocenters. The molecule has 4 rings (SSSR count). The maximum atomic E-state index is 13.3. The number of ether oxygens (including phenoxy) is 3. The first-order valence-corrected chi connectivity index (χ1v) is 11.0. The number of hydrogen-bond donors (Lipinski definition) is 0. The standard InChI is InChI=1S/C23H30O7/c1-13(24)28-12-15-5-4-6-17-16(9-15)20(26)10-18-19-11-21(27)30-23(19,29-14(2)25)8-7-22(17,18)3/h11,15-18H,4-10,12H2,1-3H3. The van der Waals surface area contributed by atoms with Crippen LogP contribution in [0.25, 0.3) is 0 Å². The molecular formula is C23H30O7. The molecule has 30 heavy (non-hydrogen) atoms. The zero-order valence-corrected chi connectivity index (χ0v) is 17.9. The van der Waals surface area contributed by atoms with Gasteiger partial charge < -0.3 is 14.2 Å². The molecule has 164 valence electrons. The van der Waals surface area contributed by atoms with Crippen molar-refractivity contribution in [1.29, 1.82) is 0 Å². The summed E-state index contributed by atoms with van der Waals surface area (Å²) in [7, 11) is 0. The molecule has 0 N–H and O–H groups in total. The highest BCUT2D eigenvalue weighted by atomic mass is 16.7. The highest BCUT2D eigenvalue weighted by molar-refractivity contribution is 5.89. The lowest BCUT2D eigenvalue weighted by Crippen LogP contribution is -2.56. The van der Waals surface area contributed by atoms with Gasteiger partial charge in [0.2, 0.25) is 0 Å². The van der Waals surface area contributed by atoms with E-state index in [-0.39, 0.29) is 40.8 Å². The Morgan fingerprint density at radius 1 is 1.17 bits per heavy atom. The molecule has 0 saturated heterocycles. The molecule has 3 fully saturated rings. The number of hydrogen-bond acceptors (Lipinski definition) is 7. The fourth-order valence-electron chi connectivity index (χ4n) is 6.52. The third-order valence-electron chi connectivity index (χ3n) is 7.84. The van der Waals surface area contributed by atoms with E-state index in [0.717, 1.165) is 32.1 Å². The zero-order valence-electron chi connectivity index (χ0n) is 17.9. The largest absolute Gasteiger partial charge is 0.466 e. The summed E-state index contributed by atoms with van der Waals surface area (Å²) < 4.78 is 16.3. The summed E-state index contributed by atoms with van der Waals surface area (Å²) in [4.78, 5) is 48.4. The van der Waals surface area contributed by atoms with Crippen LogP contribution in [0, 0.1) is 29.1 Å². The third kappa shape index (κ3) is 3.46. The van der Waals surface area contributed by atoms with Crippen LogP contribution >= 0.6 is 0 Å². The normalized spacial score (nSPS) is 40.2. The van der Waals surface area contributed by atoms with E-state index >= 15 is 0 Å². The molecule has 0 aromatic heterocycles. The Morgan fingerprint density at radius 2 is 1.93 bits per heavy atom. The first kappa shape index (κ1) is 21.1. The van der Waals surface area contributed by atoms with E-state index in [4.69, 9.17) is 14.2 Å². The van der Waals surface area contributed by atoms with Gasteiger partial charge in [0, 0.05) is 50.2 Å². The van der Waals surface area contributed by atoms with Crippen LogP contribution in [0.3, 0.4) is 0 Å². The SMILES string of the molecule is CC(=O)OCC1CCCC2C(C1)C(=O)CC1C3=CC(=O)OC3(OC(C)=O)CCC12C. The Labute approximate surface area is 176 Å². The Hall–Kier alpha value is -2.18. The van der Waals surface area contributed by atoms with Crippen LogP contribution in [-0.2, 0) is 33.4 Å². The summed E-state index contributed by atoms with van der Waals surface area (Å²) in [6.07, 6.45) is 6.50. The number of carbonyl (C=O) groups is 4. The van der Waals surface area contributed by atoms with Gasteiger partial charge in [-0.25, -0.2) is 4.79 Å². The van der Waals surface area contributed by atoms with Crippen molar-refractivity contribution in [2.45, 2.75) is 71.5 Å².